The van der Waals surface area contributed by atoms with Crippen molar-refractivity contribution >= 4 is 29.1 Å². The van der Waals surface area contributed by atoms with Gasteiger partial charge in [0.25, 0.3) is 0 Å². The Morgan fingerprint density at radius 1 is 0.750 bits per heavy atom. The minimum absolute atomic E-state index is 0.209. The summed E-state index contributed by atoms with van der Waals surface area (Å²) in [7, 11) is -1.95. The predicted octanol–water partition coefficient (Wildman–Crippen LogP) is 5.05. The van der Waals surface area contributed by atoms with Crippen LogP contribution in [0.25, 0.3) is 0 Å². The number of fused-ring (bicyclic) bond motifs is 2. The number of esters is 1. The highest BCUT2D eigenvalue weighted by Gasteiger charge is 2.49. The van der Waals surface area contributed by atoms with Gasteiger partial charge in [-0.1, -0.05) is 66.7 Å². The van der Waals surface area contributed by atoms with Gasteiger partial charge in [-0.2, -0.15) is 0 Å². The lowest BCUT2D eigenvalue weighted by molar-refractivity contribution is -0.140. The molecule has 0 aromatic heterocycles. The molecule has 3 heteroatoms. The van der Waals surface area contributed by atoms with Crippen molar-refractivity contribution in [1.29, 1.82) is 0 Å². The second kappa shape index (κ2) is 8.88. The Morgan fingerprint density at radius 2 is 1.19 bits per heavy atom. The van der Waals surface area contributed by atoms with E-state index in [0.717, 1.165) is 12.6 Å². The summed E-state index contributed by atoms with van der Waals surface area (Å²) in [5.41, 5.74) is 2.79. The van der Waals surface area contributed by atoms with Crippen LogP contribution in [0.2, 0.25) is 0 Å². The Balaban J connectivity index is 1.71. The number of carbonyl (C=O) groups excluding carboxylic acids is 1. The molecule has 0 unspecified atom stereocenters. The van der Waals surface area contributed by atoms with Crippen molar-refractivity contribution in [3.63, 3.8) is 0 Å². The predicted molar refractivity (Wildman–Crippen MR) is 134 cm³/mol. The van der Waals surface area contributed by atoms with Crippen molar-refractivity contribution < 1.29 is 9.53 Å². The van der Waals surface area contributed by atoms with E-state index < -0.39 is 7.26 Å². The van der Waals surface area contributed by atoms with E-state index in [2.05, 4.69) is 103 Å². The number of hydrogen-bond acceptors (Lipinski definition) is 2. The molecule has 0 spiro atoms. The fraction of sp³-hybridized carbons (Fsp3) is 0.207. The van der Waals surface area contributed by atoms with Crippen LogP contribution in [0.1, 0.15) is 13.3 Å². The van der Waals surface area contributed by atoms with Gasteiger partial charge in [0.2, 0.25) is 0 Å². The smallest absolute Gasteiger partial charge is 0.302 e. The number of benzene rings is 3. The molecule has 2 aliphatic rings. The van der Waals surface area contributed by atoms with Crippen LogP contribution in [-0.4, -0.2) is 18.7 Å². The minimum Gasteiger partial charge on any atom is -0.461 e. The van der Waals surface area contributed by atoms with Crippen LogP contribution in [-0.2, 0) is 9.53 Å². The summed E-state index contributed by atoms with van der Waals surface area (Å²) in [5, 5.41) is 4.18. The van der Waals surface area contributed by atoms with E-state index in [0.29, 0.717) is 18.4 Å². The molecule has 0 amide bonds. The van der Waals surface area contributed by atoms with Crippen molar-refractivity contribution in [2.75, 3.05) is 12.8 Å². The van der Waals surface area contributed by atoms with Gasteiger partial charge in [0.1, 0.15) is 29.8 Å². The van der Waals surface area contributed by atoms with Gasteiger partial charge in [-0.25, -0.2) is 0 Å². The molecule has 0 fully saturated rings. The van der Waals surface area contributed by atoms with Crippen molar-refractivity contribution in [2.24, 2.45) is 11.8 Å². The molecule has 0 saturated heterocycles. The van der Waals surface area contributed by atoms with E-state index in [-0.39, 0.29) is 5.97 Å². The first-order valence-corrected chi connectivity index (χ1v) is 13.2. The van der Waals surface area contributed by atoms with E-state index >= 15 is 0 Å². The Bertz CT molecular complexity index is 1050. The zero-order valence-corrected chi connectivity index (χ0v) is 19.2. The average molecular weight is 440 g/mol. The third-order valence-electron chi connectivity index (χ3n) is 6.82. The molecule has 160 valence electrons. The van der Waals surface area contributed by atoms with E-state index in [4.69, 9.17) is 4.74 Å². The molecule has 3 aromatic carbocycles. The first kappa shape index (κ1) is 20.9. The van der Waals surface area contributed by atoms with Crippen molar-refractivity contribution in [2.45, 2.75) is 13.3 Å². The van der Waals surface area contributed by atoms with Crippen molar-refractivity contribution in [1.82, 2.24) is 0 Å². The highest BCUT2D eigenvalue weighted by Crippen LogP contribution is 2.60. The van der Waals surface area contributed by atoms with Crippen molar-refractivity contribution in [3.05, 3.63) is 114 Å². The average Bonchev–Trinajstić information content (AvgIpc) is 3.45. The molecule has 5 rings (SSSR count). The van der Waals surface area contributed by atoms with Gasteiger partial charge in [-0.15, -0.1) is 0 Å². The molecular weight excluding hydrogens is 411 g/mol. The van der Waals surface area contributed by atoms with Crippen LogP contribution >= 0.6 is 7.26 Å². The Kier molecular flexibility index (Phi) is 5.81. The highest BCUT2D eigenvalue weighted by atomic mass is 31.2. The van der Waals surface area contributed by atoms with Crippen LogP contribution in [0.3, 0.4) is 0 Å². The summed E-state index contributed by atoms with van der Waals surface area (Å²) in [6.07, 6.45) is 6.77. The summed E-state index contributed by atoms with van der Waals surface area (Å²) in [5.74, 6) is 0.637. The van der Waals surface area contributed by atoms with Crippen LogP contribution < -0.4 is 15.9 Å². The zero-order valence-electron chi connectivity index (χ0n) is 18.4. The maximum atomic E-state index is 11.6. The summed E-state index contributed by atoms with van der Waals surface area (Å²) >= 11 is 0. The summed E-state index contributed by atoms with van der Waals surface area (Å²) in [6.45, 7) is 1.91. The van der Waals surface area contributed by atoms with Crippen LogP contribution in [0.5, 0.6) is 0 Å². The van der Waals surface area contributed by atoms with Crippen LogP contribution in [0, 0.1) is 11.8 Å². The summed E-state index contributed by atoms with van der Waals surface area (Å²) < 4.78 is 5.52. The third-order valence-corrected chi connectivity index (χ3v) is 11.2. The Hall–Kier alpha value is -2.96. The standard InChI is InChI=1S/C29H28O2P/c1-22(30)31-20-28-23-17-18-24(19-23)29(28)21-32(25-11-5-2-6-12-25,26-13-7-3-8-14-26)27-15-9-4-10-16-27/h2-18,23-24H,19-21H2,1H3/q+1/t23-,24+/m1/s1. The number of rotatable bonds is 7. The zero-order chi connectivity index (χ0) is 22.0. The normalized spacial score (nSPS) is 19.4. The van der Waals surface area contributed by atoms with Gasteiger partial charge in [-0.05, 0) is 54.0 Å². The molecule has 2 aliphatic carbocycles. The molecule has 0 aliphatic heterocycles. The molecule has 0 radical (unpaired) electrons. The molecule has 32 heavy (non-hydrogen) atoms. The molecule has 0 N–H and O–H groups in total. The Labute approximate surface area is 191 Å². The molecule has 2 nitrogen and oxygen atoms in total. The van der Waals surface area contributed by atoms with E-state index in [9.17, 15) is 4.79 Å². The molecule has 3 aromatic rings. The molecular formula is C29H28O2P+. The van der Waals surface area contributed by atoms with Crippen LogP contribution in [0.15, 0.2) is 114 Å². The quantitative estimate of drug-likeness (QED) is 0.293. The second-order valence-electron chi connectivity index (χ2n) is 8.64. The minimum atomic E-state index is -1.95. The van der Waals surface area contributed by atoms with E-state index in [1.165, 1.54) is 34.0 Å². The number of ether oxygens (including phenoxy) is 1. The lowest BCUT2D eigenvalue weighted by Gasteiger charge is -2.30. The lowest BCUT2D eigenvalue weighted by Crippen LogP contribution is -2.34. The molecule has 0 saturated carbocycles. The fourth-order valence-corrected chi connectivity index (χ4v) is 9.75. The maximum absolute atomic E-state index is 11.6. The molecule has 2 atom stereocenters. The van der Waals surface area contributed by atoms with Gasteiger partial charge < -0.3 is 4.74 Å². The highest BCUT2D eigenvalue weighted by molar-refractivity contribution is 7.95. The number of allylic oxidation sites excluding steroid dienone is 3. The summed E-state index contributed by atoms with van der Waals surface area (Å²) in [4.78, 5) is 11.6. The van der Waals surface area contributed by atoms with Crippen LogP contribution in [0.4, 0.5) is 0 Å². The first-order chi connectivity index (χ1) is 15.7. The fourth-order valence-electron chi connectivity index (χ4n) is 5.31. The largest absolute Gasteiger partial charge is 0.461 e. The Morgan fingerprint density at radius 3 is 1.62 bits per heavy atom. The van der Waals surface area contributed by atoms with Gasteiger partial charge in [0.15, 0.2) is 0 Å². The molecule has 0 heterocycles. The lowest BCUT2D eigenvalue weighted by atomic mass is 9.99. The topological polar surface area (TPSA) is 26.3 Å². The summed E-state index contributed by atoms with van der Waals surface area (Å²) in [6, 6.07) is 33.0. The van der Waals surface area contributed by atoms with E-state index in [1.807, 2.05) is 0 Å². The van der Waals surface area contributed by atoms with E-state index in [1.54, 1.807) is 0 Å². The number of carbonyl (C=O) groups is 1. The first-order valence-electron chi connectivity index (χ1n) is 11.3. The van der Waals surface area contributed by atoms with Gasteiger partial charge in [-0.3, -0.25) is 4.79 Å². The second-order valence-corrected chi connectivity index (χ2v) is 12.1. The van der Waals surface area contributed by atoms with Gasteiger partial charge in [0, 0.05) is 18.8 Å². The maximum Gasteiger partial charge on any atom is 0.302 e. The van der Waals surface area contributed by atoms with Gasteiger partial charge >= 0.3 is 5.97 Å². The third kappa shape index (κ3) is 3.74. The number of hydrogen-bond donors (Lipinski definition) is 0. The SMILES string of the molecule is CC(=O)OCC1=C(C[P+](c2ccccc2)(c2ccccc2)c2ccccc2)[C@H]2C=C[C@@H]1C2. The van der Waals surface area contributed by atoms with Crippen molar-refractivity contribution in [3.8, 4) is 0 Å². The monoisotopic (exact) mass is 439 g/mol. The molecule has 2 bridgehead atoms. The van der Waals surface area contributed by atoms with Gasteiger partial charge in [0.05, 0.1) is 6.16 Å².